The Hall–Kier alpha value is -0.850. The van der Waals surface area contributed by atoms with Gasteiger partial charge in [-0.05, 0) is 24.0 Å². The molecule has 0 aromatic carbocycles. The van der Waals surface area contributed by atoms with Crippen molar-refractivity contribution in [3.63, 3.8) is 0 Å². The molecule has 1 unspecified atom stereocenters. The maximum Gasteiger partial charge on any atom is 0.0437 e. The van der Waals surface area contributed by atoms with Crippen LogP contribution in [-0.4, -0.2) is 4.98 Å². The molecule has 0 aliphatic rings. The lowest BCUT2D eigenvalue weighted by molar-refractivity contribution is 0.374. The summed E-state index contributed by atoms with van der Waals surface area (Å²) >= 11 is 0. The van der Waals surface area contributed by atoms with Crippen LogP contribution in [0.25, 0.3) is 0 Å². The molecule has 1 aromatic rings. The molecule has 1 aromatic heterocycles. The molecule has 0 radical (unpaired) electrons. The molecular weight excluding hydrogens is 218 g/mol. The predicted molar refractivity (Wildman–Crippen MR) is 80.0 cm³/mol. The highest BCUT2D eigenvalue weighted by molar-refractivity contribution is 5.17. The van der Waals surface area contributed by atoms with Gasteiger partial charge < -0.3 is 0 Å². The Kier molecular flexibility index (Phi) is 6.38. The molecule has 102 valence electrons. The van der Waals surface area contributed by atoms with Gasteiger partial charge in [0.15, 0.2) is 0 Å². The number of nitrogens with zero attached hydrogens (tertiary/aromatic N) is 1. The zero-order valence-corrected chi connectivity index (χ0v) is 12.7. The van der Waals surface area contributed by atoms with Gasteiger partial charge in [-0.3, -0.25) is 4.98 Å². The third kappa shape index (κ3) is 4.12. The van der Waals surface area contributed by atoms with Crippen molar-refractivity contribution in [2.75, 3.05) is 0 Å². The van der Waals surface area contributed by atoms with Crippen LogP contribution in [-0.2, 0) is 0 Å². The molecule has 0 saturated carbocycles. The molecular formula is C17H29N. The monoisotopic (exact) mass is 247 g/mol. The summed E-state index contributed by atoms with van der Waals surface area (Å²) in [6.45, 7) is 11.3. The predicted octanol–water partition coefficient (Wildman–Crippen LogP) is 5.52. The minimum Gasteiger partial charge on any atom is -0.257 e. The van der Waals surface area contributed by atoms with Crippen molar-refractivity contribution in [3.8, 4) is 0 Å². The molecule has 18 heavy (non-hydrogen) atoms. The van der Waals surface area contributed by atoms with Crippen molar-refractivity contribution in [3.05, 3.63) is 29.6 Å². The smallest absolute Gasteiger partial charge is 0.0437 e. The zero-order chi connectivity index (χ0) is 13.5. The summed E-state index contributed by atoms with van der Waals surface area (Å²) < 4.78 is 0. The fraction of sp³-hybridized carbons (Fsp3) is 0.706. The molecule has 1 nitrogen and oxygen atoms in total. The van der Waals surface area contributed by atoms with Crippen LogP contribution in [0.2, 0.25) is 0 Å². The van der Waals surface area contributed by atoms with E-state index in [1.807, 2.05) is 0 Å². The summed E-state index contributed by atoms with van der Waals surface area (Å²) in [5.74, 6) is 1.89. The molecule has 1 rings (SSSR count). The Morgan fingerprint density at radius 1 is 0.944 bits per heavy atom. The minimum absolute atomic E-state index is 0.521. The van der Waals surface area contributed by atoms with Gasteiger partial charge in [0.1, 0.15) is 0 Å². The quantitative estimate of drug-likeness (QED) is 0.617. The maximum atomic E-state index is 4.86. The Morgan fingerprint density at radius 3 is 2.00 bits per heavy atom. The standard InChI is InChI=1S/C17H29N/c1-6-9-15(10-7-2)14(5)17-12-8-11-16(18-17)13(3)4/h8,11-15H,6-7,9-10H2,1-5H3. The summed E-state index contributed by atoms with van der Waals surface area (Å²) in [7, 11) is 0. The summed E-state index contributed by atoms with van der Waals surface area (Å²) in [4.78, 5) is 4.86. The lowest BCUT2D eigenvalue weighted by atomic mass is 9.84. The summed E-state index contributed by atoms with van der Waals surface area (Å²) in [5, 5.41) is 0. The van der Waals surface area contributed by atoms with E-state index >= 15 is 0 Å². The van der Waals surface area contributed by atoms with Gasteiger partial charge in [-0.1, -0.05) is 66.4 Å². The Labute approximate surface area is 113 Å². The van der Waals surface area contributed by atoms with E-state index in [2.05, 4.69) is 52.8 Å². The lowest BCUT2D eigenvalue weighted by Gasteiger charge is -2.23. The van der Waals surface area contributed by atoms with Crippen LogP contribution in [0.3, 0.4) is 0 Å². The topological polar surface area (TPSA) is 12.9 Å². The van der Waals surface area contributed by atoms with E-state index in [9.17, 15) is 0 Å². The van der Waals surface area contributed by atoms with Crippen molar-refractivity contribution < 1.29 is 0 Å². The Bertz CT molecular complexity index is 337. The number of hydrogen-bond acceptors (Lipinski definition) is 1. The van der Waals surface area contributed by atoms with Gasteiger partial charge in [-0.15, -0.1) is 0 Å². The van der Waals surface area contributed by atoms with Gasteiger partial charge in [0, 0.05) is 17.3 Å². The van der Waals surface area contributed by atoms with E-state index in [1.165, 1.54) is 37.1 Å². The second-order valence-electron chi connectivity index (χ2n) is 5.77. The molecule has 0 bridgehead atoms. The zero-order valence-electron chi connectivity index (χ0n) is 12.7. The number of rotatable bonds is 7. The Morgan fingerprint density at radius 2 is 1.50 bits per heavy atom. The average molecular weight is 247 g/mol. The lowest BCUT2D eigenvalue weighted by Crippen LogP contribution is -2.12. The molecule has 1 atom stereocenters. The van der Waals surface area contributed by atoms with Gasteiger partial charge in [0.05, 0.1) is 0 Å². The largest absolute Gasteiger partial charge is 0.257 e. The fourth-order valence-corrected chi connectivity index (χ4v) is 2.67. The number of aromatic nitrogens is 1. The SMILES string of the molecule is CCCC(CCC)C(C)c1cccc(C(C)C)n1. The third-order valence-electron chi connectivity index (χ3n) is 3.88. The van der Waals surface area contributed by atoms with E-state index in [-0.39, 0.29) is 0 Å². The van der Waals surface area contributed by atoms with Crippen molar-refractivity contribution in [1.29, 1.82) is 0 Å². The first-order valence-corrected chi connectivity index (χ1v) is 7.56. The van der Waals surface area contributed by atoms with Crippen molar-refractivity contribution in [2.24, 2.45) is 5.92 Å². The van der Waals surface area contributed by atoms with Crippen LogP contribution in [0.1, 0.15) is 83.5 Å². The maximum absolute atomic E-state index is 4.86. The van der Waals surface area contributed by atoms with Gasteiger partial charge in [0.25, 0.3) is 0 Å². The summed E-state index contributed by atoms with van der Waals surface area (Å²) in [6, 6.07) is 6.52. The molecule has 0 spiro atoms. The van der Waals surface area contributed by atoms with Crippen molar-refractivity contribution >= 4 is 0 Å². The van der Waals surface area contributed by atoms with Crippen LogP contribution >= 0.6 is 0 Å². The molecule has 1 heterocycles. The highest BCUT2D eigenvalue weighted by Gasteiger charge is 2.19. The molecule has 0 aliphatic carbocycles. The normalized spacial score (nSPS) is 13.3. The summed E-state index contributed by atoms with van der Waals surface area (Å²) in [5.41, 5.74) is 2.51. The van der Waals surface area contributed by atoms with Crippen LogP contribution in [0.5, 0.6) is 0 Å². The van der Waals surface area contributed by atoms with E-state index in [4.69, 9.17) is 4.98 Å². The van der Waals surface area contributed by atoms with E-state index in [0.717, 1.165) is 5.92 Å². The van der Waals surface area contributed by atoms with Gasteiger partial charge in [-0.2, -0.15) is 0 Å². The second-order valence-corrected chi connectivity index (χ2v) is 5.77. The highest BCUT2D eigenvalue weighted by atomic mass is 14.7. The van der Waals surface area contributed by atoms with Crippen molar-refractivity contribution in [1.82, 2.24) is 4.98 Å². The molecule has 0 N–H and O–H groups in total. The number of hydrogen-bond donors (Lipinski definition) is 0. The third-order valence-corrected chi connectivity index (χ3v) is 3.88. The Balaban J connectivity index is 2.86. The average Bonchev–Trinajstić information content (AvgIpc) is 2.38. The van der Waals surface area contributed by atoms with Crippen LogP contribution in [0.4, 0.5) is 0 Å². The van der Waals surface area contributed by atoms with Crippen molar-refractivity contribution in [2.45, 2.75) is 72.1 Å². The first-order valence-electron chi connectivity index (χ1n) is 7.56. The first kappa shape index (κ1) is 15.2. The van der Waals surface area contributed by atoms with E-state index in [0.29, 0.717) is 11.8 Å². The van der Waals surface area contributed by atoms with Gasteiger partial charge >= 0.3 is 0 Å². The van der Waals surface area contributed by atoms with E-state index in [1.54, 1.807) is 0 Å². The highest BCUT2D eigenvalue weighted by Crippen LogP contribution is 2.30. The number of pyridine rings is 1. The summed E-state index contributed by atoms with van der Waals surface area (Å²) in [6.07, 6.45) is 5.20. The van der Waals surface area contributed by atoms with Gasteiger partial charge in [0.2, 0.25) is 0 Å². The molecule has 0 saturated heterocycles. The van der Waals surface area contributed by atoms with E-state index < -0.39 is 0 Å². The molecule has 0 amide bonds. The molecule has 0 aliphatic heterocycles. The van der Waals surface area contributed by atoms with Crippen LogP contribution < -0.4 is 0 Å². The molecule has 1 heteroatoms. The van der Waals surface area contributed by atoms with Crippen LogP contribution in [0.15, 0.2) is 18.2 Å². The minimum atomic E-state index is 0.521. The fourth-order valence-electron chi connectivity index (χ4n) is 2.67. The molecule has 0 fully saturated rings. The first-order chi connectivity index (χ1) is 8.60. The van der Waals surface area contributed by atoms with Crippen LogP contribution in [0, 0.1) is 5.92 Å². The second kappa shape index (κ2) is 7.56. The van der Waals surface area contributed by atoms with Gasteiger partial charge in [-0.25, -0.2) is 0 Å².